The Balaban J connectivity index is 1.41. The number of aromatic nitrogens is 2. The summed E-state index contributed by atoms with van der Waals surface area (Å²) in [4.78, 5) is 22.4. The molecule has 1 aliphatic carbocycles. The third-order valence-electron chi connectivity index (χ3n) is 6.40. The topological polar surface area (TPSA) is 73.3 Å². The first kappa shape index (κ1) is 21.8. The number of hydrogen-bond acceptors (Lipinski definition) is 5. The second kappa shape index (κ2) is 10.7. The molecule has 1 aromatic carbocycles. The molecule has 0 bridgehead atoms. The Kier molecular flexibility index (Phi) is 7.52. The number of nitrogens with one attached hydrogen (secondary N) is 1. The molecule has 1 aliphatic heterocycles. The Morgan fingerprint density at radius 3 is 2.65 bits per heavy atom. The smallest absolute Gasteiger partial charge is 0.223 e. The van der Waals surface area contributed by atoms with E-state index in [9.17, 15) is 4.79 Å². The predicted molar refractivity (Wildman–Crippen MR) is 120 cm³/mol. The monoisotopic (exact) mass is 423 g/mol. The van der Waals surface area contributed by atoms with E-state index >= 15 is 0 Å². The fourth-order valence-corrected chi connectivity index (χ4v) is 4.55. The summed E-state index contributed by atoms with van der Waals surface area (Å²) < 4.78 is 11.3. The quantitative estimate of drug-likeness (QED) is 0.682. The van der Waals surface area contributed by atoms with E-state index in [2.05, 4.69) is 5.32 Å². The van der Waals surface area contributed by atoms with Crippen molar-refractivity contribution < 1.29 is 14.3 Å². The number of carbonyl (C=O) groups excluding carboxylic acids is 1. The summed E-state index contributed by atoms with van der Waals surface area (Å²) in [6, 6.07) is 10.0. The molecule has 31 heavy (non-hydrogen) atoms. The fourth-order valence-electron chi connectivity index (χ4n) is 4.55. The van der Waals surface area contributed by atoms with E-state index in [1.807, 2.05) is 37.3 Å². The molecule has 2 aromatic rings. The van der Waals surface area contributed by atoms with E-state index in [-0.39, 0.29) is 11.8 Å². The van der Waals surface area contributed by atoms with E-state index in [1.165, 1.54) is 0 Å². The van der Waals surface area contributed by atoms with Crippen molar-refractivity contribution in [1.29, 1.82) is 0 Å². The third kappa shape index (κ3) is 5.62. The highest BCUT2D eigenvalue weighted by atomic mass is 16.5. The highest BCUT2D eigenvalue weighted by molar-refractivity contribution is 5.78. The van der Waals surface area contributed by atoms with Crippen LogP contribution < -0.4 is 10.1 Å². The number of aryl methyl sites for hydroxylation is 1. The zero-order chi connectivity index (χ0) is 21.5. The van der Waals surface area contributed by atoms with Gasteiger partial charge in [0.15, 0.2) is 5.82 Å². The molecule has 1 saturated heterocycles. The normalized spacial score (nSPS) is 19.3. The van der Waals surface area contributed by atoms with Gasteiger partial charge in [-0.05, 0) is 57.8 Å². The van der Waals surface area contributed by atoms with Crippen molar-refractivity contribution in [1.82, 2.24) is 15.3 Å². The number of ether oxygens (including phenoxy) is 2. The second-order valence-electron chi connectivity index (χ2n) is 8.49. The van der Waals surface area contributed by atoms with Gasteiger partial charge in [-0.15, -0.1) is 0 Å². The number of nitrogens with zero attached hydrogens (tertiary/aromatic N) is 2. The molecular formula is C25H33N3O3. The van der Waals surface area contributed by atoms with Gasteiger partial charge in [0.1, 0.15) is 0 Å². The van der Waals surface area contributed by atoms with Crippen LogP contribution in [0.1, 0.15) is 50.3 Å². The van der Waals surface area contributed by atoms with Gasteiger partial charge in [0.25, 0.3) is 0 Å². The Morgan fingerprint density at radius 1 is 1.10 bits per heavy atom. The molecule has 0 saturated carbocycles. The minimum Gasteiger partial charge on any atom is -0.478 e. The molecule has 1 N–H and O–H groups in total. The molecule has 1 atom stereocenters. The van der Waals surface area contributed by atoms with Crippen molar-refractivity contribution in [2.24, 2.45) is 11.8 Å². The summed E-state index contributed by atoms with van der Waals surface area (Å²) in [5, 5.41) is 3.18. The molecule has 4 rings (SSSR count). The van der Waals surface area contributed by atoms with Gasteiger partial charge >= 0.3 is 0 Å². The zero-order valence-electron chi connectivity index (χ0n) is 18.4. The first-order valence-electron chi connectivity index (χ1n) is 11.7. The summed E-state index contributed by atoms with van der Waals surface area (Å²) in [5.74, 6) is 2.23. The number of benzene rings is 1. The number of amides is 1. The van der Waals surface area contributed by atoms with Gasteiger partial charge in [0, 0.05) is 36.8 Å². The molecule has 1 aromatic heterocycles. The highest BCUT2D eigenvalue weighted by Crippen LogP contribution is 2.31. The minimum atomic E-state index is 0.0125. The lowest BCUT2D eigenvalue weighted by atomic mass is 9.96. The first-order chi connectivity index (χ1) is 15.2. The molecule has 1 fully saturated rings. The predicted octanol–water partition coefficient (Wildman–Crippen LogP) is 3.97. The van der Waals surface area contributed by atoms with Crippen molar-refractivity contribution in [2.75, 3.05) is 26.4 Å². The average Bonchev–Trinajstić information content (AvgIpc) is 3.03. The Hall–Kier alpha value is -2.47. The van der Waals surface area contributed by atoms with Crippen LogP contribution in [-0.2, 0) is 22.4 Å². The molecule has 0 spiro atoms. The minimum absolute atomic E-state index is 0.0125. The van der Waals surface area contributed by atoms with Crippen LogP contribution >= 0.6 is 0 Å². The Morgan fingerprint density at radius 2 is 1.87 bits per heavy atom. The molecule has 2 aliphatic rings. The summed E-state index contributed by atoms with van der Waals surface area (Å²) >= 11 is 0. The fraction of sp³-hybridized carbons (Fsp3) is 0.560. The van der Waals surface area contributed by atoms with Crippen LogP contribution in [0.4, 0.5) is 0 Å². The van der Waals surface area contributed by atoms with Gasteiger partial charge < -0.3 is 14.8 Å². The van der Waals surface area contributed by atoms with Crippen LogP contribution in [0.2, 0.25) is 0 Å². The molecule has 6 nitrogen and oxygen atoms in total. The Labute approximate surface area is 184 Å². The average molecular weight is 424 g/mol. The van der Waals surface area contributed by atoms with Gasteiger partial charge in [0.2, 0.25) is 11.8 Å². The lowest BCUT2D eigenvalue weighted by Gasteiger charge is -2.22. The molecule has 6 heteroatoms. The maximum absolute atomic E-state index is 12.8. The van der Waals surface area contributed by atoms with Gasteiger partial charge in [-0.2, -0.15) is 4.98 Å². The van der Waals surface area contributed by atoms with E-state index < -0.39 is 0 Å². The van der Waals surface area contributed by atoms with Crippen LogP contribution in [0.25, 0.3) is 11.4 Å². The second-order valence-corrected chi connectivity index (χ2v) is 8.49. The molecular weight excluding hydrogens is 390 g/mol. The van der Waals surface area contributed by atoms with Crippen molar-refractivity contribution in [3.8, 4) is 17.3 Å². The first-order valence-corrected chi connectivity index (χ1v) is 11.7. The van der Waals surface area contributed by atoms with Crippen LogP contribution in [0.15, 0.2) is 30.3 Å². The van der Waals surface area contributed by atoms with Crippen LogP contribution in [0, 0.1) is 11.8 Å². The summed E-state index contributed by atoms with van der Waals surface area (Å²) in [6.45, 7) is 5.01. The number of hydrogen-bond donors (Lipinski definition) is 1. The van der Waals surface area contributed by atoms with Crippen LogP contribution in [-0.4, -0.2) is 42.2 Å². The molecule has 2 heterocycles. The summed E-state index contributed by atoms with van der Waals surface area (Å²) in [6.07, 6.45) is 6.43. The van der Waals surface area contributed by atoms with Crippen molar-refractivity contribution in [3.63, 3.8) is 0 Å². The van der Waals surface area contributed by atoms with E-state index in [0.717, 1.165) is 81.5 Å². The van der Waals surface area contributed by atoms with Gasteiger partial charge in [-0.3, -0.25) is 4.79 Å². The van der Waals surface area contributed by atoms with E-state index in [1.54, 1.807) is 0 Å². The van der Waals surface area contributed by atoms with Gasteiger partial charge in [0.05, 0.1) is 12.3 Å². The zero-order valence-corrected chi connectivity index (χ0v) is 18.4. The lowest BCUT2D eigenvalue weighted by Crippen LogP contribution is -2.33. The molecule has 1 amide bonds. The highest BCUT2D eigenvalue weighted by Gasteiger charge is 2.26. The summed E-state index contributed by atoms with van der Waals surface area (Å²) in [5.41, 5.74) is 3.08. The van der Waals surface area contributed by atoms with Crippen molar-refractivity contribution in [3.05, 3.63) is 41.6 Å². The number of fused-ring (bicyclic) bond motifs is 1. The van der Waals surface area contributed by atoms with E-state index in [4.69, 9.17) is 19.4 Å². The molecule has 1 unspecified atom stereocenters. The largest absolute Gasteiger partial charge is 0.478 e. The lowest BCUT2D eigenvalue weighted by molar-refractivity contribution is -0.125. The standard InChI is InChI=1S/C25H33N3O3/c1-2-31-25-21-10-8-20(24(29)26-15-12-18-13-16-30-17-14-18)9-11-22(21)27-23(28-25)19-6-4-3-5-7-19/h3-7,18,20H,2,8-17H2,1H3,(H,26,29). The molecule has 166 valence electrons. The van der Waals surface area contributed by atoms with Crippen molar-refractivity contribution in [2.45, 2.75) is 51.9 Å². The van der Waals surface area contributed by atoms with Crippen molar-refractivity contribution >= 4 is 5.91 Å². The summed E-state index contributed by atoms with van der Waals surface area (Å²) in [7, 11) is 0. The molecule has 0 radical (unpaired) electrons. The van der Waals surface area contributed by atoms with Crippen LogP contribution in [0.5, 0.6) is 5.88 Å². The SMILES string of the molecule is CCOc1nc(-c2ccccc2)nc2c1CCC(C(=O)NCCC1CCOCC1)CC2. The third-order valence-corrected chi connectivity index (χ3v) is 6.40. The van der Waals surface area contributed by atoms with Gasteiger partial charge in [-0.25, -0.2) is 4.98 Å². The number of carbonyl (C=O) groups is 1. The van der Waals surface area contributed by atoms with Crippen LogP contribution in [0.3, 0.4) is 0 Å². The maximum atomic E-state index is 12.8. The van der Waals surface area contributed by atoms with E-state index in [0.29, 0.717) is 24.2 Å². The Bertz CT molecular complexity index is 866. The van der Waals surface area contributed by atoms with Gasteiger partial charge in [-0.1, -0.05) is 30.3 Å². The maximum Gasteiger partial charge on any atom is 0.223 e. The number of rotatable bonds is 7.